The Kier molecular flexibility index (Phi) is 12.5. The Hall–Kier alpha value is -2.38. The molecule has 8 nitrogen and oxygen atoms in total. The van der Waals surface area contributed by atoms with Gasteiger partial charge in [-0.15, -0.1) is 0 Å². The molecule has 1 aromatic carbocycles. The minimum Gasteiger partial charge on any atom is -0.463 e. The van der Waals surface area contributed by atoms with Crippen molar-refractivity contribution in [1.29, 1.82) is 0 Å². The summed E-state index contributed by atoms with van der Waals surface area (Å²) in [5.41, 5.74) is 9.96. The first-order chi connectivity index (χ1) is 14.4. The standard InChI is InChI=1S/C22H33N3O5/c1-5-28-22(27)17(4)11-19(29-15-18-9-7-6-8-10-18)12-21(30-14-16(2)3)20(26)13-24-25-23/h6-11,16,19-21,26H,5,12-15H2,1-4H3/t19-,20+,21-/m1/s1. The summed E-state index contributed by atoms with van der Waals surface area (Å²) < 4.78 is 17.0. The average Bonchev–Trinajstić information content (AvgIpc) is 2.73. The number of aliphatic hydroxyl groups is 1. The van der Waals surface area contributed by atoms with Gasteiger partial charge in [-0.1, -0.05) is 49.3 Å². The van der Waals surface area contributed by atoms with Crippen LogP contribution in [-0.4, -0.2) is 49.1 Å². The summed E-state index contributed by atoms with van der Waals surface area (Å²) in [7, 11) is 0. The Labute approximate surface area is 178 Å². The lowest BCUT2D eigenvalue weighted by atomic mass is 10.0. The Balaban J connectivity index is 2.99. The van der Waals surface area contributed by atoms with E-state index in [1.54, 1.807) is 19.9 Å². The predicted molar refractivity (Wildman–Crippen MR) is 115 cm³/mol. The first kappa shape index (κ1) is 25.7. The molecule has 3 atom stereocenters. The fourth-order valence-electron chi connectivity index (χ4n) is 2.67. The smallest absolute Gasteiger partial charge is 0.333 e. The van der Waals surface area contributed by atoms with Crippen molar-refractivity contribution in [3.05, 3.63) is 58.0 Å². The number of carbonyl (C=O) groups excluding carboxylic acids is 1. The number of nitrogens with zero attached hydrogens (tertiary/aromatic N) is 3. The molecule has 8 heteroatoms. The first-order valence-electron chi connectivity index (χ1n) is 10.2. The van der Waals surface area contributed by atoms with Crippen LogP contribution >= 0.6 is 0 Å². The fraction of sp³-hybridized carbons (Fsp3) is 0.591. The van der Waals surface area contributed by atoms with Crippen LogP contribution in [0.4, 0.5) is 0 Å². The zero-order chi connectivity index (χ0) is 22.4. The molecule has 0 spiro atoms. The normalized spacial score (nSPS) is 14.7. The molecule has 0 bridgehead atoms. The molecule has 0 aromatic heterocycles. The summed E-state index contributed by atoms with van der Waals surface area (Å²) in [6.07, 6.45) is -0.137. The summed E-state index contributed by atoms with van der Waals surface area (Å²) in [6.45, 7) is 8.37. The molecule has 30 heavy (non-hydrogen) atoms. The maximum absolute atomic E-state index is 12.0. The fourth-order valence-corrected chi connectivity index (χ4v) is 2.67. The molecule has 0 saturated carbocycles. The van der Waals surface area contributed by atoms with Crippen molar-refractivity contribution in [3.8, 4) is 0 Å². The second-order valence-corrected chi connectivity index (χ2v) is 7.39. The minimum absolute atomic E-state index is 0.106. The van der Waals surface area contributed by atoms with Gasteiger partial charge in [0, 0.05) is 23.5 Å². The van der Waals surface area contributed by atoms with Crippen molar-refractivity contribution < 1.29 is 24.1 Å². The Morgan fingerprint density at radius 3 is 2.57 bits per heavy atom. The number of carbonyl (C=O) groups is 1. The van der Waals surface area contributed by atoms with Gasteiger partial charge >= 0.3 is 5.97 Å². The van der Waals surface area contributed by atoms with Crippen LogP contribution in [0.25, 0.3) is 10.4 Å². The quantitative estimate of drug-likeness (QED) is 0.160. The van der Waals surface area contributed by atoms with Crippen LogP contribution in [-0.2, 0) is 25.6 Å². The lowest BCUT2D eigenvalue weighted by Gasteiger charge is -2.27. The number of aliphatic hydroxyl groups excluding tert-OH is 1. The predicted octanol–water partition coefficient (Wildman–Crippen LogP) is 4.18. The van der Waals surface area contributed by atoms with Crippen LogP contribution in [0.1, 0.15) is 39.7 Å². The lowest BCUT2D eigenvalue weighted by molar-refractivity contribution is -0.138. The SMILES string of the molecule is CCOC(=O)C(C)=C[C@H](C[C@@H](OCC(C)C)[C@@H](O)CN=[N+]=[N-])OCc1ccccc1. The summed E-state index contributed by atoms with van der Waals surface area (Å²) >= 11 is 0. The number of hydrogen-bond donors (Lipinski definition) is 1. The van der Waals surface area contributed by atoms with E-state index in [2.05, 4.69) is 10.0 Å². The van der Waals surface area contributed by atoms with Crippen molar-refractivity contribution >= 4 is 5.97 Å². The van der Waals surface area contributed by atoms with E-state index < -0.39 is 24.3 Å². The van der Waals surface area contributed by atoms with E-state index >= 15 is 0 Å². The molecule has 0 radical (unpaired) electrons. The van der Waals surface area contributed by atoms with Crippen molar-refractivity contribution in [2.75, 3.05) is 19.8 Å². The number of azide groups is 1. The molecule has 0 amide bonds. The van der Waals surface area contributed by atoms with Crippen LogP contribution in [0, 0.1) is 5.92 Å². The van der Waals surface area contributed by atoms with E-state index in [1.165, 1.54) is 0 Å². The maximum atomic E-state index is 12.0. The molecule has 0 aliphatic rings. The van der Waals surface area contributed by atoms with Gasteiger partial charge in [0.1, 0.15) is 0 Å². The topological polar surface area (TPSA) is 114 Å². The highest BCUT2D eigenvalue weighted by molar-refractivity contribution is 5.87. The van der Waals surface area contributed by atoms with Gasteiger partial charge in [-0.05, 0) is 36.9 Å². The summed E-state index contributed by atoms with van der Waals surface area (Å²) in [6, 6.07) is 9.66. The van der Waals surface area contributed by atoms with Gasteiger partial charge < -0.3 is 19.3 Å². The minimum atomic E-state index is -0.987. The summed E-state index contributed by atoms with van der Waals surface area (Å²) in [5, 5.41) is 13.9. The van der Waals surface area contributed by atoms with E-state index in [1.807, 2.05) is 44.2 Å². The zero-order valence-corrected chi connectivity index (χ0v) is 18.2. The molecular weight excluding hydrogens is 386 g/mol. The second kappa shape index (κ2) is 14.6. The molecule has 0 aliphatic heterocycles. The largest absolute Gasteiger partial charge is 0.463 e. The van der Waals surface area contributed by atoms with Crippen LogP contribution in [0.3, 0.4) is 0 Å². The van der Waals surface area contributed by atoms with E-state index in [9.17, 15) is 9.90 Å². The van der Waals surface area contributed by atoms with Gasteiger partial charge in [-0.3, -0.25) is 0 Å². The summed E-state index contributed by atoms with van der Waals surface area (Å²) in [4.78, 5) is 14.8. The maximum Gasteiger partial charge on any atom is 0.333 e. The lowest BCUT2D eigenvalue weighted by Crippen LogP contribution is -2.36. The summed E-state index contributed by atoms with van der Waals surface area (Å²) in [5.74, 6) is -0.153. The zero-order valence-electron chi connectivity index (χ0n) is 18.2. The van der Waals surface area contributed by atoms with E-state index in [0.717, 1.165) is 5.56 Å². The van der Waals surface area contributed by atoms with E-state index in [-0.39, 0.29) is 19.1 Å². The molecule has 0 aliphatic carbocycles. The Bertz CT molecular complexity index is 702. The van der Waals surface area contributed by atoms with Crippen molar-refractivity contribution in [3.63, 3.8) is 0 Å². The van der Waals surface area contributed by atoms with Gasteiger partial charge in [-0.25, -0.2) is 4.79 Å². The molecule has 1 rings (SSSR count). The number of rotatable bonds is 14. The third-order valence-electron chi connectivity index (χ3n) is 4.21. The monoisotopic (exact) mass is 419 g/mol. The molecule has 0 unspecified atom stereocenters. The molecule has 0 fully saturated rings. The van der Waals surface area contributed by atoms with Crippen LogP contribution < -0.4 is 0 Å². The highest BCUT2D eigenvalue weighted by atomic mass is 16.5. The number of hydrogen-bond acceptors (Lipinski definition) is 6. The average molecular weight is 420 g/mol. The van der Waals surface area contributed by atoms with Crippen molar-refractivity contribution in [2.24, 2.45) is 11.0 Å². The van der Waals surface area contributed by atoms with Gasteiger partial charge in [0.25, 0.3) is 0 Å². The van der Waals surface area contributed by atoms with Crippen molar-refractivity contribution in [2.45, 2.75) is 59.0 Å². The highest BCUT2D eigenvalue weighted by Gasteiger charge is 2.25. The van der Waals surface area contributed by atoms with E-state index in [0.29, 0.717) is 25.2 Å². The molecule has 166 valence electrons. The van der Waals surface area contributed by atoms with E-state index in [4.69, 9.17) is 19.7 Å². The molecular formula is C22H33N3O5. The van der Waals surface area contributed by atoms with Crippen LogP contribution in [0.2, 0.25) is 0 Å². The van der Waals surface area contributed by atoms with Gasteiger partial charge in [-0.2, -0.15) is 0 Å². The Morgan fingerprint density at radius 1 is 1.27 bits per heavy atom. The van der Waals surface area contributed by atoms with Gasteiger partial charge in [0.15, 0.2) is 0 Å². The molecule has 0 heterocycles. The molecule has 0 saturated heterocycles. The van der Waals surface area contributed by atoms with Crippen LogP contribution in [0.5, 0.6) is 0 Å². The van der Waals surface area contributed by atoms with Crippen LogP contribution in [0.15, 0.2) is 47.1 Å². The van der Waals surface area contributed by atoms with Gasteiger partial charge in [0.05, 0.1) is 38.1 Å². The number of benzene rings is 1. The Morgan fingerprint density at radius 2 is 1.97 bits per heavy atom. The van der Waals surface area contributed by atoms with Crippen molar-refractivity contribution in [1.82, 2.24) is 0 Å². The third kappa shape index (κ3) is 10.4. The second-order valence-electron chi connectivity index (χ2n) is 7.39. The number of esters is 1. The van der Waals surface area contributed by atoms with Gasteiger partial charge in [0.2, 0.25) is 0 Å². The highest BCUT2D eigenvalue weighted by Crippen LogP contribution is 2.17. The first-order valence-corrected chi connectivity index (χ1v) is 10.2. The molecule has 1 aromatic rings. The number of ether oxygens (including phenoxy) is 3. The third-order valence-corrected chi connectivity index (χ3v) is 4.21. The molecule has 1 N–H and O–H groups in total.